The van der Waals surface area contributed by atoms with Crippen molar-refractivity contribution in [3.63, 3.8) is 0 Å². The molecule has 9 heteroatoms. The van der Waals surface area contributed by atoms with Crippen LogP contribution in [0.5, 0.6) is 5.75 Å². The molecule has 0 bridgehead atoms. The molecule has 2 rings (SSSR count). The molecule has 1 amide bonds. The fourth-order valence-electron chi connectivity index (χ4n) is 1.45. The van der Waals surface area contributed by atoms with Crippen molar-refractivity contribution in [2.24, 2.45) is 0 Å². The van der Waals surface area contributed by atoms with Gasteiger partial charge in [-0.15, -0.1) is 0 Å². The van der Waals surface area contributed by atoms with Gasteiger partial charge < -0.3 is 10.4 Å². The molecule has 2 N–H and O–H groups in total. The number of halogens is 4. The van der Waals surface area contributed by atoms with E-state index in [0.29, 0.717) is 12.4 Å². The summed E-state index contributed by atoms with van der Waals surface area (Å²) in [5.74, 6) is -1.55. The zero-order valence-corrected chi connectivity index (χ0v) is 10.9. The molecule has 0 aliphatic rings. The normalized spacial score (nSPS) is 11.2. The topological polar surface area (TPSA) is 75.1 Å². The number of anilines is 1. The number of aromatic hydroxyl groups is 1. The Morgan fingerprint density at radius 3 is 2.62 bits per heavy atom. The molecule has 0 unspecified atom stereocenters. The molecular weight excluding hydrogens is 311 g/mol. The van der Waals surface area contributed by atoms with Crippen LogP contribution in [0.25, 0.3) is 0 Å². The lowest BCUT2D eigenvalue weighted by molar-refractivity contribution is -0.141. The van der Waals surface area contributed by atoms with E-state index in [1.54, 1.807) is 0 Å². The summed E-state index contributed by atoms with van der Waals surface area (Å²) in [6.45, 7) is 0. The summed E-state index contributed by atoms with van der Waals surface area (Å²) in [6, 6.07) is 4.32. The van der Waals surface area contributed by atoms with Crippen LogP contribution in [0.15, 0.2) is 30.6 Å². The number of hydrogen-bond acceptors (Lipinski definition) is 4. The summed E-state index contributed by atoms with van der Waals surface area (Å²) in [5, 5.41) is 11.9. The van der Waals surface area contributed by atoms with Crippen molar-refractivity contribution < 1.29 is 23.1 Å². The first-order valence-corrected chi connectivity index (χ1v) is 5.84. The molecule has 0 aliphatic carbocycles. The van der Waals surface area contributed by atoms with Crippen LogP contribution in [0, 0.1) is 0 Å². The lowest BCUT2D eigenvalue weighted by Crippen LogP contribution is -2.15. The zero-order chi connectivity index (χ0) is 15.6. The number of nitrogens with one attached hydrogen (secondary N) is 1. The molecule has 0 radical (unpaired) electrons. The van der Waals surface area contributed by atoms with Crippen molar-refractivity contribution in [3.05, 3.63) is 46.9 Å². The Labute approximate surface area is 121 Å². The fourth-order valence-corrected chi connectivity index (χ4v) is 1.63. The van der Waals surface area contributed by atoms with Gasteiger partial charge in [-0.2, -0.15) is 13.2 Å². The number of alkyl halides is 3. The van der Waals surface area contributed by atoms with Gasteiger partial charge in [0.2, 0.25) is 0 Å². The average molecular weight is 318 g/mol. The first-order valence-electron chi connectivity index (χ1n) is 5.46. The van der Waals surface area contributed by atoms with E-state index in [0.717, 1.165) is 0 Å². The van der Waals surface area contributed by atoms with E-state index in [1.807, 2.05) is 0 Å². The van der Waals surface area contributed by atoms with E-state index in [9.17, 15) is 23.1 Å². The Kier molecular flexibility index (Phi) is 3.99. The van der Waals surface area contributed by atoms with Gasteiger partial charge in [-0.1, -0.05) is 11.6 Å². The van der Waals surface area contributed by atoms with E-state index < -0.39 is 17.8 Å². The summed E-state index contributed by atoms with van der Waals surface area (Å²) >= 11 is 5.68. The molecule has 5 nitrogen and oxygen atoms in total. The zero-order valence-electron chi connectivity index (χ0n) is 10.1. The van der Waals surface area contributed by atoms with Gasteiger partial charge in [0, 0.05) is 11.1 Å². The Bertz CT molecular complexity index is 692. The van der Waals surface area contributed by atoms with E-state index in [2.05, 4.69) is 15.3 Å². The fraction of sp³-hybridized carbons (Fsp3) is 0.0833. The van der Waals surface area contributed by atoms with Crippen LogP contribution in [0.1, 0.15) is 16.1 Å². The third kappa shape index (κ3) is 3.60. The highest BCUT2D eigenvalue weighted by Crippen LogP contribution is 2.28. The van der Waals surface area contributed by atoms with Crippen LogP contribution in [0.3, 0.4) is 0 Å². The Morgan fingerprint density at radius 2 is 1.95 bits per heavy atom. The maximum absolute atomic E-state index is 12.5. The number of phenolic OH excluding ortho intramolecular Hbond substituents is 1. The molecule has 0 fully saturated rings. The largest absolute Gasteiger partial charge is 0.507 e. The predicted octanol–water partition coefficient (Wildman–Crippen LogP) is 3.11. The van der Waals surface area contributed by atoms with Crippen molar-refractivity contribution in [2.45, 2.75) is 6.18 Å². The highest BCUT2D eigenvalue weighted by molar-refractivity contribution is 6.31. The average Bonchev–Trinajstić information content (AvgIpc) is 2.41. The summed E-state index contributed by atoms with van der Waals surface area (Å²) in [6.07, 6.45) is -3.98. The van der Waals surface area contributed by atoms with Crippen molar-refractivity contribution in [3.8, 4) is 5.75 Å². The number of carbonyl (C=O) groups excluding carboxylic acids is 1. The Balaban J connectivity index is 2.26. The van der Waals surface area contributed by atoms with Gasteiger partial charge in [0.25, 0.3) is 5.91 Å². The first kappa shape index (κ1) is 15.0. The minimum absolute atomic E-state index is 0.185. The summed E-state index contributed by atoms with van der Waals surface area (Å²) in [5.41, 5.74) is -1.38. The van der Waals surface area contributed by atoms with Crippen LogP contribution >= 0.6 is 11.6 Å². The van der Waals surface area contributed by atoms with E-state index in [4.69, 9.17) is 11.6 Å². The van der Waals surface area contributed by atoms with E-state index >= 15 is 0 Å². The highest BCUT2D eigenvalue weighted by atomic mass is 35.5. The summed E-state index contributed by atoms with van der Waals surface area (Å²) in [4.78, 5) is 18.5. The van der Waals surface area contributed by atoms with Gasteiger partial charge in [0.15, 0.2) is 0 Å². The molecule has 1 heterocycles. The van der Waals surface area contributed by atoms with Gasteiger partial charge in [0.05, 0.1) is 5.56 Å². The minimum atomic E-state index is -4.65. The first-order chi connectivity index (χ1) is 9.77. The number of aromatic nitrogens is 2. The maximum atomic E-state index is 12.5. The van der Waals surface area contributed by atoms with Gasteiger partial charge in [0.1, 0.15) is 23.6 Å². The lowest BCUT2D eigenvalue weighted by atomic mass is 10.2. The second-order valence-corrected chi connectivity index (χ2v) is 4.34. The number of phenols is 1. The molecule has 0 spiro atoms. The smallest absolute Gasteiger partial charge is 0.433 e. The van der Waals surface area contributed by atoms with Crippen LogP contribution in [-0.2, 0) is 6.18 Å². The van der Waals surface area contributed by atoms with Gasteiger partial charge >= 0.3 is 6.18 Å². The van der Waals surface area contributed by atoms with Crippen LogP contribution in [0.2, 0.25) is 5.02 Å². The number of nitrogens with zero attached hydrogens (tertiary/aromatic N) is 2. The molecule has 0 saturated heterocycles. The summed E-state index contributed by atoms with van der Waals surface area (Å²) < 4.78 is 37.5. The van der Waals surface area contributed by atoms with Crippen molar-refractivity contribution >= 4 is 23.3 Å². The second-order valence-electron chi connectivity index (χ2n) is 3.90. The molecule has 1 aromatic carbocycles. The number of benzene rings is 1. The predicted molar refractivity (Wildman–Crippen MR) is 68.1 cm³/mol. The number of rotatable bonds is 2. The minimum Gasteiger partial charge on any atom is -0.507 e. The molecule has 0 atom stereocenters. The number of hydrogen-bond donors (Lipinski definition) is 2. The number of carbonyl (C=O) groups is 1. The molecule has 21 heavy (non-hydrogen) atoms. The van der Waals surface area contributed by atoms with Crippen LogP contribution < -0.4 is 5.32 Å². The quantitative estimate of drug-likeness (QED) is 0.892. The van der Waals surface area contributed by atoms with Gasteiger partial charge in [-0.3, -0.25) is 4.79 Å². The van der Waals surface area contributed by atoms with Crippen molar-refractivity contribution in [1.29, 1.82) is 0 Å². The van der Waals surface area contributed by atoms with Gasteiger partial charge in [-0.25, -0.2) is 9.97 Å². The monoisotopic (exact) mass is 317 g/mol. The molecular formula is C12H7ClF3N3O2. The SMILES string of the molecule is O=C(Nc1cc(C(F)(F)F)ncn1)c1cc(Cl)ccc1O. The molecule has 110 valence electrons. The van der Waals surface area contributed by atoms with Crippen molar-refractivity contribution in [1.82, 2.24) is 9.97 Å². The lowest BCUT2D eigenvalue weighted by Gasteiger charge is -2.09. The van der Waals surface area contributed by atoms with Crippen molar-refractivity contribution in [2.75, 3.05) is 5.32 Å². The molecule has 2 aromatic rings. The Morgan fingerprint density at radius 1 is 1.24 bits per heavy atom. The van der Waals surface area contributed by atoms with E-state index in [-0.39, 0.29) is 22.2 Å². The van der Waals surface area contributed by atoms with E-state index in [1.165, 1.54) is 18.2 Å². The number of amides is 1. The molecule has 0 aliphatic heterocycles. The third-order valence-corrected chi connectivity index (χ3v) is 2.64. The molecule has 0 saturated carbocycles. The third-order valence-electron chi connectivity index (χ3n) is 2.40. The van der Waals surface area contributed by atoms with Gasteiger partial charge in [-0.05, 0) is 18.2 Å². The highest BCUT2D eigenvalue weighted by Gasteiger charge is 2.33. The maximum Gasteiger partial charge on any atom is 0.433 e. The van der Waals surface area contributed by atoms with Crippen LogP contribution in [0.4, 0.5) is 19.0 Å². The second kappa shape index (κ2) is 5.57. The Hall–Kier alpha value is -2.35. The molecule has 1 aromatic heterocycles. The standard InChI is InChI=1S/C12H7ClF3N3O2/c13-6-1-2-8(20)7(3-6)11(21)19-10-4-9(12(14,15)16)17-5-18-10/h1-5,20H,(H,17,18,19,21). The summed E-state index contributed by atoms with van der Waals surface area (Å²) in [7, 11) is 0. The van der Waals surface area contributed by atoms with Crippen LogP contribution in [-0.4, -0.2) is 21.0 Å².